The molecule has 0 bridgehead atoms. The molecule has 3 aromatic rings. The number of aryl methyl sites for hydroxylation is 1. The summed E-state index contributed by atoms with van der Waals surface area (Å²) < 4.78 is 4.88. The highest BCUT2D eigenvalue weighted by Crippen LogP contribution is 2.11. The smallest absolute Gasteiger partial charge is 0.250 e. The lowest BCUT2D eigenvalue weighted by atomic mass is 10.0. The summed E-state index contributed by atoms with van der Waals surface area (Å²) in [7, 11) is 0. The van der Waals surface area contributed by atoms with E-state index < -0.39 is 0 Å². The SMILES string of the molecule is Cc1cc(NC(=O)CSCC(=O)NN=C(c2ccccc2)c2ccccc2)no1. The molecule has 0 saturated carbocycles. The van der Waals surface area contributed by atoms with Crippen LogP contribution in [0.15, 0.2) is 76.4 Å². The molecule has 2 amide bonds. The topological polar surface area (TPSA) is 96.6 Å². The summed E-state index contributed by atoms with van der Waals surface area (Å²) in [6.45, 7) is 1.74. The Morgan fingerprint density at radius 3 is 2.10 bits per heavy atom. The summed E-state index contributed by atoms with van der Waals surface area (Å²) in [5, 5.41) is 10.6. The van der Waals surface area contributed by atoms with Gasteiger partial charge in [-0.05, 0) is 6.92 Å². The fourth-order valence-electron chi connectivity index (χ4n) is 2.48. The molecule has 0 unspecified atom stereocenters. The highest BCUT2D eigenvalue weighted by Gasteiger charge is 2.10. The van der Waals surface area contributed by atoms with Crippen LogP contribution in [-0.4, -0.2) is 34.2 Å². The molecule has 0 aliphatic carbocycles. The van der Waals surface area contributed by atoms with Crippen molar-refractivity contribution in [3.05, 3.63) is 83.6 Å². The van der Waals surface area contributed by atoms with Crippen molar-refractivity contribution in [3.63, 3.8) is 0 Å². The lowest BCUT2D eigenvalue weighted by Crippen LogP contribution is -2.23. The second-order valence-corrected chi connectivity index (χ2v) is 7.08. The molecule has 1 aromatic heterocycles. The summed E-state index contributed by atoms with van der Waals surface area (Å²) in [4.78, 5) is 24.0. The first kappa shape index (κ1) is 20.3. The molecule has 0 aliphatic heterocycles. The summed E-state index contributed by atoms with van der Waals surface area (Å²) in [6, 6.07) is 20.9. The minimum atomic E-state index is -0.288. The fourth-order valence-corrected chi connectivity index (χ4v) is 3.09. The van der Waals surface area contributed by atoms with Crippen molar-refractivity contribution in [1.82, 2.24) is 10.6 Å². The predicted molar refractivity (Wildman–Crippen MR) is 114 cm³/mol. The normalized spacial score (nSPS) is 10.2. The van der Waals surface area contributed by atoms with Crippen LogP contribution in [0.3, 0.4) is 0 Å². The van der Waals surface area contributed by atoms with Crippen LogP contribution in [0.2, 0.25) is 0 Å². The summed E-state index contributed by atoms with van der Waals surface area (Å²) in [5.41, 5.74) is 5.04. The monoisotopic (exact) mass is 408 g/mol. The van der Waals surface area contributed by atoms with E-state index in [2.05, 4.69) is 21.0 Å². The van der Waals surface area contributed by atoms with Crippen LogP contribution in [0.4, 0.5) is 5.82 Å². The van der Waals surface area contributed by atoms with E-state index in [9.17, 15) is 9.59 Å². The zero-order valence-electron chi connectivity index (χ0n) is 15.8. The Hall–Kier alpha value is -3.39. The molecule has 8 heteroatoms. The first-order chi connectivity index (χ1) is 14.1. The van der Waals surface area contributed by atoms with Gasteiger partial charge in [-0.25, -0.2) is 5.43 Å². The van der Waals surface area contributed by atoms with Gasteiger partial charge in [-0.1, -0.05) is 65.8 Å². The molecule has 0 radical (unpaired) electrons. The summed E-state index contributed by atoms with van der Waals surface area (Å²) >= 11 is 1.19. The number of carbonyl (C=O) groups is 2. The summed E-state index contributed by atoms with van der Waals surface area (Å²) in [6.07, 6.45) is 0. The number of rotatable bonds is 8. The molecular weight excluding hydrogens is 388 g/mol. The Morgan fingerprint density at radius 1 is 0.966 bits per heavy atom. The molecule has 29 heavy (non-hydrogen) atoms. The quantitative estimate of drug-likeness (QED) is 0.441. The Labute approximate surface area is 172 Å². The van der Waals surface area contributed by atoms with Gasteiger partial charge in [0.15, 0.2) is 5.82 Å². The predicted octanol–water partition coefficient (Wildman–Crippen LogP) is 3.22. The first-order valence-corrected chi connectivity index (χ1v) is 10.1. The highest BCUT2D eigenvalue weighted by molar-refractivity contribution is 8.00. The molecule has 0 aliphatic rings. The average Bonchev–Trinajstić information content (AvgIpc) is 3.14. The third kappa shape index (κ3) is 6.32. The van der Waals surface area contributed by atoms with Gasteiger partial charge in [0.05, 0.1) is 17.2 Å². The van der Waals surface area contributed by atoms with Gasteiger partial charge in [0.2, 0.25) is 11.8 Å². The lowest BCUT2D eigenvalue weighted by Gasteiger charge is -2.08. The van der Waals surface area contributed by atoms with Crippen molar-refractivity contribution in [2.24, 2.45) is 5.10 Å². The number of thioether (sulfide) groups is 1. The van der Waals surface area contributed by atoms with Crippen molar-refractivity contribution < 1.29 is 14.1 Å². The molecule has 148 valence electrons. The molecular formula is C21H20N4O3S. The van der Waals surface area contributed by atoms with Gasteiger partial charge in [-0.15, -0.1) is 11.8 Å². The number of hydrogen-bond donors (Lipinski definition) is 2. The van der Waals surface area contributed by atoms with Gasteiger partial charge >= 0.3 is 0 Å². The van der Waals surface area contributed by atoms with E-state index in [0.29, 0.717) is 17.3 Å². The Morgan fingerprint density at radius 2 is 1.55 bits per heavy atom. The van der Waals surface area contributed by atoms with Gasteiger partial charge < -0.3 is 9.84 Å². The molecule has 0 fully saturated rings. The van der Waals surface area contributed by atoms with Crippen LogP contribution in [-0.2, 0) is 9.59 Å². The van der Waals surface area contributed by atoms with Crippen LogP contribution in [0.5, 0.6) is 0 Å². The number of benzene rings is 2. The first-order valence-electron chi connectivity index (χ1n) is 8.90. The van der Waals surface area contributed by atoms with Gasteiger partial charge in [0.25, 0.3) is 0 Å². The van der Waals surface area contributed by atoms with Crippen LogP contribution in [0.1, 0.15) is 16.9 Å². The van der Waals surface area contributed by atoms with Crippen LogP contribution >= 0.6 is 11.8 Å². The highest BCUT2D eigenvalue weighted by atomic mass is 32.2. The largest absolute Gasteiger partial charge is 0.360 e. The van der Waals surface area contributed by atoms with Crippen LogP contribution < -0.4 is 10.7 Å². The average molecular weight is 408 g/mol. The standard InChI is InChI=1S/C21H20N4O3S/c1-15-12-18(25-28-15)22-19(26)13-29-14-20(27)23-24-21(16-8-4-2-5-9-16)17-10-6-3-7-11-17/h2-12H,13-14H2,1H3,(H,23,27)(H,22,25,26). The number of amides is 2. The minimum absolute atomic E-state index is 0.103. The van der Waals surface area contributed by atoms with Crippen molar-refractivity contribution in [1.29, 1.82) is 0 Å². The number of carbonyl (C=O) groups excluding carboxylic acids is 2. The molecule has 2 N–H and O–H groups in total. The van der Waals surface area contributed by atoms with E-state index in [1.54, 1.807) is 13.0 Å². The minimum Gasteiger partial charge on any atom is -0.360 e. The maximum Gasteiger partial charge on any atom is 0.250 e. The molecule has 0 atom stereocenters. The third-order valence-electron chi connectivity index (χ3n) is 3.75. The molecule has 7 nitrogen and oxygen atoms in total. The summed E-state index contributed by atoms with van der Waals surface area (Å²) in [5.74, 6) is 0.646. The van der Waals surface area contributed by atoms with E-state index >= 15 is 0 Å². The zero-order chi connectivity index (χ0) is 20.5. The molecule has 0 saturated heterocycles. The van der Waals surface area contributed by atoms with E-state index in [0.717, 1.165) is 11.1 Å². The maximum absolute atomic E-state index is 12.2. The molecule has 3 rings (SSSR count). The lowest BCUT2D eigenvalue weighted by molar-refractivity contribution is -0.118. The number of nitrogens with zero attached hydrogens (tertiary/aromatic N) is 2. The van der Waals surface area contributed by atoms with E-state index in [-0.39, 0.29) is 23.3 Å². The zero-order valence-corrected chi connectivity index (χ0v) is 16.6. The van der Waals surface area contributed by atoms with E-state index in [1.807, 2.05) is 60.7 Å². The Bertz CT molecular complexity index is 946. The second-order valence-electron chi connectivity index (χ2n) is 6.09. The number of anilines is 1. The van der Waals surface area contributed by atoms with Gasteiger partial charge in [-0.2, -0.15) is 5.10 Å². The molecule has 2 aromatic carbocycles. The Balaban J connectivity index is 1.54. The third-order valence-corrected chi connectivity index (χ3v) is 4.68. The second kappa shape index (κ2) is 10.2. The van der Waals surface area contributed by atoms with Gasteiger partial charge in [0.1, 0.15) is 5.76 Å². The Kier molecular flexibility index (Phi) is 7.18. The fraction of sp³-hybridized carbons (Fsp3) is 0.143. The molecule has 0 spiro atoms. The van der Waals surface area contributed by atoms with Gasteiger partial charge in [0, 0.05) is 17.2 Å². The number of hydrogen-bond acceptors (Lipinski definition) is 6. The number of hydrazone groups is 1. The van der Waals surface area contributed by atoms with Crippen LogP contribution in [0, 0.1) is 6.92 Å². The van der Waals surface area contributed by atoms with Crippen LogP contribution in [0.25, 0.3) is 0 Å². The van der Waals surface area contributed by atoms with Crippen molar-refractivity contribution in [2.75, 3.05) is 16.8 Å². The maximum atomic E-state index is 12.2. The van der Waals surface area contributed by atoms with Crippen molar-refractivity contribution in [2.45, 2.75) is 6.92 Å². The number of nitrogens with one attached hydrogen (secondary N) is 2. The van der Waals surface area contributed by atoms with Crippen molar-refractivity contribution >= 4 is 35.1 Å². The number of aromatic nitrogens is 1. The van der Waals surface area contributed by atoms with E-state index in [1.165, 1.54) is 11.8 Å². The van der Waals surface area contributed by atoms with Crippen molar-refractivity contribution in [3.8, 4) is 0 Å². The van der Waals surface area contributed by atoms with Gasteiger partial charge in [-0.3, -0.25) is 9.59 Å². The molecule has 1 heterocycles. The van der Waals surface area contributed by atoms with E-state index in [4.69, 9.17) is 4.52 Å².